The number of anilines is 2. The highest BCUT2D eigenvalue weighted by Gasteiger charge is 2.08. The molecule has 5 nitrogen and oxygen atoms in total. The largest absolute Gasteiger partial charge is 0.394 e. The van der Waals surface area contributed by atoms with Gasteiger partial charge in [0.25, 0.3) is 0 Å². The van der Waals surface area contributed by atoms with E-state index >= 15 is 0 Å². The maximum absolute atomic E-state index is 9.16. The van der Waals surface area contributed by atoms with E-state index in [1.807, 2.05) is 26.2 Å². The molecule has 0 aromatic carbocycles. The molecule has 0 radical (unpaired) electrons. The van der Waals surface area contributed by atoms with Crippen molar-refractivity contribution in [3.8, 4) is 0 Å². The Morgan fingerprint density at radius 2 is 2.06 bits per heavy atom. The Balaban J connectivity index is 2.85. The van der Waals surface area contributed by atoms with E-state index in [1.54, 1.807) is 0 Å². The molecule has 1 rings (SSSR count). The molecule has 0 saturated carbocycles. The minimum absolute atomic E-state index is 0.0362. The van der Waals surface area contributed by atoms with Gasteiger partial charge in [-0.1, -0.05) is 18.7 Å². The van der Waals surface area contributed by atoms with Gasteiger partial charge in [-0.05, 0) is 19.6 Å². The molecule has 0 aliphatic carbocycles. The van der Waals surface area contributed by atoms with Gasteiger partial charge in [-0.3, -0.25) is 0 Å². The molecule has 1 heterocycles. The van der Waals surface area contributed by atoms with Crippen molar-refractivity contribution in [1.82, 2.24) is 9.97 Å². The summed E-state index contributed by atoms with van der Waals surface area (Å²) in [4.78, 5) is 8.70. The maximum atomic E-state index is 9.16. The van der Waals surface area contributed by atoms with Crippen LogP contribution in [0.5, 0.6) is 0 Å². The highest BCUT2D eigenvalue weighted by molar-refractivity contribution is 7.98. The van der Waals surface area contributed by atoms with Crippen molar-refractivity contribution in [1.29, 1.82) is 0 Å². The molecular formula is C11H20N4OS. The minimum Gasteiger partial charge on any atom is -0.394 e. The quantitative estimate of drug-likeness (QED) is 0.510. The summed E-state index contributed by atoms with van der Waals surface area (Å²) in [6.07, 6.45) is 2.80. The second-order valence-electron chi connectivity index (χ2n) is 3.59. The molecular weight excluding hydrogens is 236 g/mol. The standard InChI is InChI=1S/C11H20N4OS/c1-4-8(7-16)13-10-6-9(12-5-2)14-11(15-10)17-3/h6,8,16H,4-5,7H2,1-3H3,(H2,12,13,14,15). The van der Waals surface area contributed by atoms with Crippen LogP contribution in [0, 0.1) is 0 Å². The summed E-state index contributed by atoms with van der Waals surface area (Å²) in [6, 6.07) is 1.90. The predicted molar refractivity (Wildman–Crippen MR) is 72.8 cm³/mol. The molecule has 96 valence electrons. The molecule has 17 heavy (non-hydrogen) atoms. The smallest absolute Gasteiger partial charge is 0.191 e. The van der Waals surface area contributed by atoms with Crippen molar-refractivity contribution < 1.29 is 5.11 Å². The van der Waals surface area contributed by atoms with E-state index in [9.17, 15) is 0 Å². The van der Waals surface area contributed by atoms with Crippen LogP contribution in [0.2, 0.25) is 0 Å². The lowest BCUT2D eigenvalue weighted by Crippen LogP contribution is -2.23. The van der Waals surface area contributed by atoms with Gasteiger partial charge in [0.05, 0.1) is 12.6 Å². The second-order valence-corrected chi connectivity index (χ2v) is 4.36. The molecule has 0 aliphatic heterocycles. The lowest BCUT2D eigenvalue weighted by atomic mass is 10.2. The van der Waals surface area contributed by atoms with E-state index in [2.05, 4.69) is 20.6 Å². The first-order chi connectivity index (χ1) is 8.23. The van der Waals surface area contributed by atoms with Gasteiger partial charge in [-0.25, -0.2) is 9.97 Å². The number of aliphatic hydroxyl groups is 1. The molecule has 0 aliphatic rings. The van der Waals surface area contributed by atoms with E-state index < -0.39 is 0 Å². The zero-order chi connectivity index (χ0) is 12.7. The van der Waals surface area contributed by atoms with Crippen LogP contribution < -0.4 is 10.6 Å². The van der Waals surface area contributed by atoms with Crippen molar-refractivity contribution >= 4 is 23.4 Å². The number of hydrogen-bond acceptors (Lipinski definition) is 6. The first kappa shape index (κ1) is 14.1. The molecule has 1 aromatic rings. The summed E-state index contributed by atoms with van der Waals surface area (Å²) in [6.45, 7) is 4.97. The van der Waals surface area contributed by atoms with Crippen LogP contribution in [0.3, 0.4) is 0 Å². The first-order valence-electron chi connectivity index (χ1n) is 5.77. The highest BCUT2D eigenvalue weighted by atomic mass is 32.2. The SMILES string of the molecule is CCNc1cc(NC(CC)CO)nc(SC)n1. The number of hydrogen-bond donors (Lipinski definition) is 3. The average Bonchev–Trinajstić information content (AvgIpc) is 2.36. The zero-order valence-electron chi connectivity index (χ0n) is 10.5. The highest BCUT2D eigenvalue weighted by Crippen LogP contribution is 2.18. The number of aromatic nitrogens is 2. The van der Waals surface area contributed by atoms with Crippen LogP contribution in [0.4, 0.5) is 11.6 Å². The van der Waals surface area contributed by atoms with Gasteiger partial charge in [0, 0.05) is 12.6 Å². The van der Waals surface area contributed by atoms with Gasteiger partial charge in [-0.2, -0.15) is 0 Å². The van der Waals surface area contributed by atoms with E-state index in [-0.39, 0.29) is 12.6 Å². The minimum atomic E-state index is 0.0362. The molecule has 1 atom stereocenters. The van der Waals surface area contributed by atoms with E-state index in [0.717, 1.165) is 29.8 Å². The summed E-state index contributed by atoms with van der Waals surface area (Å²) in [5.41, 5.74) is 0. The van der Waals surface area contributed by atoms with Crippen LogP contribution >= 0.6 is 11.8 Å². The Kier molecular flexibility index (Phi) is 6.07. The lowest BCUT2D eigenvalue weighted by Gasteiger charge is -2.15. The third-order valence-corrected chi connectivity index (χ3v) is 2.86. The summed E-state index contributed by atoms with van der Waals surface area (Å²) in [5.74, 6) is 1.56. The maximum Gasteiger partial charge on any atom is 0.191 e. The van der Waals surface area contributed by atoms with Gasteiger partial charge in [-0.15, -0.1) is 0 Å². The van der Waals surface area contributed by atoms with Gasteiger partial charge < -0.3 is 15.7 Å². The van der Waals surface area contributed by atoms with Gasteiger partial charge in [0.2, 0.25) is 0 Å². The molecule has 1 aromatic heterocycles. The molecule has 1 unspecified atom stereocenters. The predicted octanol–water partition coefficient (Wildman–Crippen LogP) is 1.81. The number of aliphatic hydroxyl groups excluding tert-OH is 1. The van der Waals surface area contributed by atoms with Crippen molar-refractivity contribution in [2.75, 3.05) is 30.0 Å². The Hall–Kier alpha value is -1.01. The fourth-order valence-electron chi connectivity index (χ4n) is 1.35. The fourth-order valence-corrected chi connectivity index (χ4v) is 1.73. The second kappa shape index (κ2) is 7.34. The number of nitrogens with zero attached hydrogens (tertiary/aromatic N) is 2. The molecule has 0 amide bonds. The van der Waals surface area contributed by atoms with Crippen molar-refractivity contribution in [3.63, 3.8) is 0 Å². The topological polar surface area (TPSA) is 70.1 Å². The van der Waals surface area contributed by atoms with Gasteiger partial charge in [0.15, 0.2) is 5.16 Å². The van der Waals surface area contributed by atoms with E-state index in [4.69, 9.17) is 5.11 Å². The van der Waals surface area contributed by atoms with Crippen molar-refractivity contribution in [2.45, 2.75) is 31.5 Å². The van der Waals surface area contributed by atoms with Crippen molar-refractivity contribution in [3.05, 3.63) is 6.07 Å². The third kappa shape index (κ3) is 4.40. The number of rotatable bonds is 7. The molecule has 0 saturated heterocycles. The number of thioether (sulfide) groups is 1. The van der Waals surface area contributed by atoms with Gasteiger partial charge in [0.1, 0.15) is 11.6 Å². The third-order valence-electron chi connectivity index (χ3n) is 2.31. The van der Waals surface area contributed by atoms with Gasteiger partial charge >= 0.3 is 0 Å². The van der Waals surface area contributed by atoms with E-state index in [0.29, 0.717) is 0 Å². The average molecular weight is 256 g/mol. The molecule has 0 bridgehead atoms. The lowest BCUT2D eigenvalue weighted by molar-refractivity contribution is 0.271. The zero-order valence-corrected chi connectivity index (χ0v) is 11.3. The first-order valence-corrected chi connectivity index (χ1v) is 7.00. The monoisotopic (exact) mass is 256 g/mol. The molecule has 0 spiro atoms. The Bertz CT molecular complexity index is 344. The summed E-state index contributed by atoms with van der Waals surface area (Å²) in [7, 11) is 0. The van der Waals surface area contributed by atoms with E-state index in [1.165, 1.54) is 11.8 Å². The summed E-state index contributed by atoms with van der Waals surface area (Å²) in [5, 5.41) is 16.2. The van der Waals surface area contributed by atoms with Crippen molar-refractivity contribution in [2.24, 2.45) is 0 Å². The van der Waals surface area contributed by atoms with Crippen LogP contribution in [0.15, 0.2) is 11.2 Å². The Morgan fingerprint density at radius 1 is 1.35 bits per heavy atom. The molecule has 3 N–H and O–H groups in total. The summed E-state index contributed by atoms with van der Waals surface area (Å²) < 4.78 is 0. The van der Waals surface area contributed by atoms with Crippen LogP contribution in [0.25, 0.3) is 0 Å². The van der Waals surface area contributed by atoms with Crippen LogP contribution in [-0.2, 0) is 0 Å². The normalized spacial score (nSPS) is 12.2. The molecule has 6 heteroatoms. The number of nitrogens with one attached hydrogen (secondary N) is 2. The Morgan fingerprint density at radius 3 is 2.59 bits per heavy atom. The Labute approximate surface area is 106 Å². The molecule has 0 fully saturated rings. The fraction of sp³-hybridized carbons (Fsp3) is 0.636. The van der Waals surface area contributed by atoms with Crippen LogP contribution in [-0.4, -0.2) is 40.5 Å². The summed E-state index contributed by atoms with van der Waals surface area (Å²) >= 11 is 1.50. The van der Waals surface area contributed by atoms with Crippen LogP contribution in [0.1, 0.15) is 20.3 Å².